The lowest BCUT2D eigenvalue weighted by Crippen LogP contribution is -2.41. The fraction of sp³-hybridized carbons (Fsp3) is 0.818. The normalized spacial score (nSPS) is 18.6. The summed E-state index contributed by atoms with van der Waals surface area (Å²) in [4.78, 5) is 2.31. The molecule has 0 aromatic heterocycles. The topological polar surface area (TPSA) is 15.3 Å². The Bertz CT molecular complexity index is 179. The SMILES string of the molecule is C#CCN(CC)C(C)CNC1CC1. The van der Waals surface area contributed by atoms with Crippen LogP contribution in [0.2, 0.25) is 0 Å². The van der Waals surface area contributed by atoms with Gasteiger partial charge in [0.1, 0.15) is 0 Å². The molecule has 0 spiro atoms. The van der Waals surface area contributed by atoms with Crippen molar-refractivity contribution in [3.63, 3.8) is 0 Å². The van der Waals surface area contributed by atoms with Crippen LogP contribution in [0.25, 0.3) is 0 Å². The standard InChI is InChI=1S/C11H20N2/c1-4-8-13(5-2)10(3)9-12-11-6-7-11/h1,10-12H,5-9H2,2-3H3. The van der Waals surface area contributed by atoms with Gasteiger partial charge in [-0.2, -0.15) is 0 Å². The van der Waals surface area contributed by atoms with Gasteiger partial charge in [0.2, 0.25) is 0 Å². The van der Waals surface area contributed by atoms with Crippen molar-refractivity contribution >= 4 is 0 Å². The largest absolute Gasteiger partial charge is 0.312 e. The minimum Gasteiger partial charge on any atom is -0.312 e. The predicted octanol–water partition coefficient (Wildman–Crippen LogP) is 1.08. The van der Waals surface area contributed by atoms with E-state index in [0.717, 1.165) is 25.7 Å². The van der Waals surface area contributed by atoms with Gasteiger partial charge in [0.25, 0.3) is 0 Å². The third-order valence-electron chi connectivity index (χ3n) is 2.60. The molecule has 0 saturated heterocycles. The number of nitrogens with zero attached hydrogens (tertiary/aromatic N) is 1. The van der Waals surface area contributed by atoms with Crippen molar-refractivity contribution in [3.8, 4) is 12.3 Å². The van der Waals surface area contributed by atoms with E-state index in [0.29, 0.717) is 6.04 Å². The first kappa shape index (κ1) is 10.6. The van der Waals surface area contributed by atoms with E-state index in [-0.39, 0.29) is 0 Å². The highest BCUT2D eigenvalue weighted by molar-refractivity contribution is 4.90. The van der Waals surface area contributed by atoms with Crippen molar-refractivity contribution in [2.24, 2.45) is 0 Å². The molecule has 1 unspecified atom stereocenters. The van der Waals surface area contributed by atoms with Crippen LogP contribution in [0.15, 0.2) is 0 Å². The molecule has 1 rings (SSSR count). The zero-order valence-corrected chi connectivity index (χ0v) is 8.71. The van der Waals surface area contributed by atoms with Crippen LogP contribution in [-0.2, 0) is 0 Å². The van der Waals surface area contributed by atoms with E-state index in [9.17, 15) is 0 Å². The van der Waals surface area contributed by atoms with Gasteiger partial charge in [-0.25, -0.2) is 0 Å². The van der Waals surface area contributed by atoms with Gasteiger partial charge in [-0.15, -0.1) is 6.42 Å². The smallest absolute Gasteiger partial charge is 0.0601 e. The predicted molar refractivity (Wildman–Crippen MR) is 56.6 cm³/mol. The van der Waals surface area contributed by atoms with Gasteiger partial charge < -0.3 is 5.32 Å². The molecule has 0 aliphatic heterocycles. The molecule has 1 aliphatic carbocycles. The summed E-state index contributed by atoms with van der Waals surface area (Å²) in [6.07, 6.45) is 8.01. The van der Waals surface area contributed by atoms with E-state index in [4.69, 9.17) is 6.42 Å². The average molecular weight is 180 g/mol. The van der Waals surface area contributed by atoms with Gasteiger partial charge in [-0.1, -0.05) is 12.8 Å². The van der Waals surface area contributed by atoms with Crippen molar-refractivity contribution in [1.82, 2.24) is 10.2 Å². The highest BCUT2D eigenvalue weighted by atomic mass is 15.2. The van der Waals surface area contributed by atoms with E-state index in [1.165, 1.54) is 12.8 Å². The highest BCUT2D eigenvalue weighted by Gasteiger charge is 2.21. The second kappa shape index (κ2) is 5.26. The first-order chi connectivity index (χ1) is 6.27. The van der Waals surface area contributed by atoms with Gasteiger partial charge in [0.15, 0.2) is 0 Å². The number of nitrogens with one attached hydrogen (secondary N) is 1. The maximum Gasteiger partial charge on any atom is 0.0601 e. The summed E-state index contributed by atoms with van der Waals surface area (Å²) in [7, 11) is 0. The van der Waals surface area contributed by atoms with Crippen LogP contribution in [0.4, 0.5) is 0 Å². The molecule has 1 fully saturated rings. The fourth-order valence-electron chi connectivity index (χ4n) is 1.45. The van der Waals surface area contributed by atoms with Crippen molar-refractivity contribution in [1.29, 1.82) is 0 Å². The molecule has 0 aromatic rings. The van der Waals surface area contributed by atoms with Crippen LogP contribution in [-0.4, -0.2) is 36.6 Å². The van der Waals surface area contributed by atoms with Crippen molar-refractivity contribution in [2.45, 2.75) is 38.8 Å². The lowest BCUT2D eigenvalue weighted by molar-refractivity contribution is 0.240. The summed E-state index contributed by atoms with van der Waals surface area (Å²) in [5.41, 5.74) is 0. The fourth-order valence-corrected chi connectivity index (χ4v) is 1.45. The summed E-state index contributed by atoms with van der Waals surface area (Å²) in [6.45, 7) is 7.27. The van der Waals surface area contributed by atoms with Gasteiger partial charge >= 0.3 is 0 Å². The number of hydrogen-bond acceptors (Lipinski definition) is 2. The van der Waals surface area contributed by atoms with Gasteiger partial charge in [-0.05, 0) is 26.3 Å². The maximum absolute atomic E-state index is 5.30. The third kappa shape index (κ3) is 3.80. The van der Waals surface area contributed by atoms with Crippen LogP contribution < -0.4 is 5.32 Å². The lowest BCUT2D eigenvalue weighted by atomic mass is 10.2. The minimum absolute atomic E-state index is 0.557. The van der Waals surface area contributed by atoms with Crippen LogP contribution in [0.3, 0.4) is 0 Å². The zero-order valence-electron chi connectivity index (χ0n) is 8.71. The third-order valence-corrected chi connectivity index (χ3v) is 2.60. The van der Waals surface area contributed by atoms with Crippen molar-refractivity contribution in [2.75, 3.05) is 19.6 Å². The molecule has 1 saturated carbocycles. The second-order valence-electron chi connectivity index (χ2n) is 3.80. The zero-order chi connectivity index (χ0) is 9.68. The van der Waals surface area contributed by atoms with E-state index in [1.807, 2.05) is 0 Å². The van der Waals surface area contributed by atoms with Crippen molar-refractivity contribution < 1.29 is 0 Å². The van der Waals surface area contributed by atoms with Crippen LogP contribution >= 0.6 is 0 Å². The lowest BCUT2D eigenvalue weighted by Gasteiger charge is -2.25. The Kier molecular flexibility index (Phi) is 4.27. The molecule has 0 aromatic carbocycles. The molecular weight excluding hydrogens is 160 g/mol. The Hall–Kier alpha value is -0.520. The molecular formula is C11H20N2. The molecule has 2 nitrogen and oxygen atoms in total. The van der Waals surface area contributed by atoms with E-state index in [1.54, 1.807) is 0 Å². The Morgan fingerprint density at radius 2 is 2.31 bits per heavy atom. The first-order valence-electron chi connectivity index (χ1n) is 5.18. The number of likely N-dealkylation sites (N-methyl/N-ethyl adjacent to an activating group) is 1. The monoisotopic (exact) mass is 180 g/mol. The molecule has 0 radical (unpaired) electrons. The minimum atomic E-state index is 0.557. The summed E-state index contributed by atoms with van der Waals surface area (Å²) in [5, 5.41) is 3.52. The maximum atomic E-state index is 5.30. The number of rotatable bonds is 6. The molecule has 1 aliphatic rings. The average Bonchev–Trinajstić information content (AvgIpc) is 2.93. The molecule has 0 bridgehead atoms. The summed E-state index contributed by atoms with van der Waals surface area (Å²) in [5.74, 6) is 2.70. The Morgan fingerprint density at radius 3 is 2.77 bits per heavy atom. The molecule has 0 heterocycles. The molecule has 74 valence electrons. The van der Waals surface area contributed by atoms with Crippen LogP contribution in [0.5, 0.6) is 0 Å². The summed E-state index contributed by atoms with van der Waals surface area (Å²) < 4.78 is 0. The second-order valence-corrected chi connectivity index (χ2v) is 3.80. The van der Waals surface area contributed by atoms with E-state index in [2.05, 4.69) is 30.0 Å². The Balaban J connectivity index is 2.17. The number of terminal acetylenes is 1. The molecule has 13 heavy (non-hydrogen) atoms. The molecule has 1 atom stereocenters. The van der Waals surface area contributed by atoms with E-state index >= 15 is 0 Å². The van der Waals surface area contributed by atoms with Crippen LogP contribution in [0.1, 0.15) is 26.7 Å². The first-order valence-corrected chi connectivity index (χ1v) is 5.18. The molecule has 0 amide bonds. The highest BCUT2D eigenvalue weighted by Crippen LogP contribution is 2.18. The molecule has 1 N–H and O–H groups in total. The van der Waals surface area contributed by atoms with Gasteiger partial charge in [-0.3, -0.25) is 4.90 Å². The number of hydrogen-bond donors (Lipinski definition) is 1. The molecule has 2 heteroatoms. The summed E-state index contributed by atoms with van der Waals surface area (Å²) >= 11 is 0. The Morgan fingerprint density at radius 1 is 1.62 bits per heavy atom. The van der Waals surface area contributed by atoms with Gasteiger partial charge in [0.05, 0.1) is 6.54 Å². The quantitative estimate of drug-likeness (QED) is 0.615. The Labute approximate surface area is 81.7 Å². The van der Waals surface area contributed by atoms with Crippen LogP contribution in [0, 0.1) is 12.3 Å². The van der Waals surface area contributed by atoms with E-state index < -0.39 is 0 Å². The summed E-state index contributed by atoms with van der Waals surface area (Å²) in [6, 6.07) is 1.36. The van der Waals surface area contributed by atoms with Crippen molar-refractivity contribution in [3.05, 3.63) is 0 Å². The van der Waals surface area contributed by atoms with Gasteiger partial charge in [0, 0.05) is 18.6 Å².